The summed E-state index contributed by atoms with van der Waals surface area (Å²) in [5.41, 5.74) is -0.0999. The van der Waals surface area contributed by atoms with Crippen molar-refractivity contribution in [2.75, 3.05) is 18.4 Å². The molecule has 2 aliphatic rings. The van der Waals surface area contributed by atoms with Crippen molar-refractivity contribution in [1.29, 1.82) is 5.26 Å². The lowest BCUT2D eigenvalue weighted by Gasteiger charge is -2.36. The number of hydrogen-bond acceptors (Lipinski definition) is 7. The largest absolute Gasteiger partial charge is 0.435 e. The van der Waals surface area contributed by atoms with Crippen molar-refractivity contribution in [2.24, 2.45) is 13.0 Å². The summed E-state index contributed by atoms with van der Waals surface area (Å²) in [6, 6.07) is 6.48. The van der Waals surface area contributed by atoms with Crippen molar-refractivity contribution in [3.63, 3.8) is 0 Å². The van der Waals surface area contributed by atoms with Gasteiger partial charge in [-0.25, -0.2) is 4.98 Å². The van der Waals surface area contributed by atoms with Crippen molar-refractivity contribution >= 4 is 23.4 Å². The van der Waals surface area contributed by atoms with Gasteiger partial charge in [0.05, 0.1) is 29.4 Å². The van der Waals surface area contributed by atoms with E-state index in [2.05, 4.69) is 31.3 Å². The number of anilines is 1. The molecule has 1 aromatic carbocycles. The fourth-order valence-corrected chi connectivity index (χ4v) is 5.34. The molecule has 1 atom stereocenters. The first kappa shape index (κ1) is 29.8. The molecule has 3 heterocycles. The number of nitrogens with zero attached hydrogens (tertiary/aromatic N) is 5. The third-order valence-electron chi connectivity index (χ3n) is 7.71. The average molecular weight is 598 g/mol. The van der Waals surface area contributed by atoms with E-state index >= 15 is 0 Å². The van der Waals surface area contributed by atoms with Gasteiger partial charge in [0.1, 0.15) is 6.54 Å². The number of benzene rings is 1. The van der Waals surface area contributed by atoms with Crippen LogP contribution in [0.4, 0.5) is 18.9 Å². The van der Waals surface area contributed by atoms with Crippen LogP contribution in [-0.4, -0.2) is 62.2 Å². The molecule has 1 saturated heterocycles. The summed E-state index contributed by atoms with van der Waals surface area (Å²) >= 11 is 0. The minimum Gasteiger partial charge on any atom is -0.353 e. The summed E-state index contributed by atoms with van der Waals surface area (Å²) in [5, 5.41) is 24.2. The van der Waals surface area contributed by atoms with Crippen LogP contribution in [0.25, 0.3) is 11.3 Å². The lowest BCUT2D eigenvalue weighted by atomic mass is 9.86. The standard InChI is InChI=1S/C28H30F3N9O3/c1-15-9-17(3-4-20(15)26(42)37-19-10-18(11-19)36-25(41)16-5-7-33-12-16)35-27(43)24-34-13-22(39(24)2)21-14-40(8-6-32)38-23(21)28(29,30)31/h3-4,9,13-14,16,18-19,33H,5,7-8,10-12H2,1-2H3,(H,35,43)(H,36,41)(H,37,42)/t16-,18?,19?/m1/s1. The van der Waals surface area contributed by atoms with Crippen molar-refractivity contribution in [2.45, 2.75) is 51.0 Å². The Morgan fingerprint density at radius 3 is 2.56 bits per heavy atom. The number of alkyl halides is 3. The topological polar surface area (TPSA) is 159 Å². The number of nitriles is 1. The van der Waals surface area contributed by atoms with Crippen molar-refractivity contribution in [3.8, 4) is 17.3 Å². The normalized spacial score (nSPS) is 19.8. The Hall–Kier alpha value is -4.71. The van der Waals surface area contributed by atoms with Gasteiger partial charge in [-0.3, -0.25) is 19.1 Å². The summed E-state index contributed by atoms with van der Waals surface area (Å²) in [7, 11) is 1.40. The van der Waals surface area contributed by atoms with Gasteiger partial charge < -0.3 is 25.8 Å². The maximum Gasteiger partial charge on any atom is 0.435 e. The van der Waals surface area contributed by atoms with Gasteiger partial charge in [-0.2, -0.15) is 23.5 Å². The van der Waals surface area contributed by atoms with Crippen molar-refractivity contribution < 1.29 is 27.6 Å². The van der Waals surface area contributed by atoms with Crippen LogP contribution in [0, 0.1) is 24.2 Å². The fourth-order valence-electron chi connectivity index (χ4n) is 5.34. The van der Waals surface area contributed by atoms with Crippen LogP contribution in [0.15, 0.2) is 30.6 Å². The molecule has 0 bridgehead atoms. The van der Waals surface area contributed by atoms with Crippen LogP contribution in [0.1, 0.15) is 51.5 Å². The lowest BCUT2D eigenvalue weighted by molar-refractivity contribution is -0.141. The van der Waals surface area contributed by atoms with E-state index in [1.165, 1.54) is 11.6 Å². The maximum atomic E-state index is 13.6. The Bertz CT molecular complexity index is 1590. The van der Waals surface area contributed by atoms with Gasteiger partial charge in [-0.15, -0.1) is 0 Å². The van der Waals surface area contributed by atoms with Gasteiger partial charge in [0.2, 0.25) is 5.91 Å². The molecule has 43 heavy (non-hydrogen) atoms. The molecule has 226 valence electrons. The van der Waals surface area contributed by atoms with Crippen LogP contribution in [-0.2, 0) is 24.6 Å². The molecule has 0 spiro atoms. The van der Waals surface area contributed by atoms with Gasteiger partial charge in [0, 0.05) is 43.1 Å². The highest BCUT2D eigenvalue weighted by atomic mass is 19.4. The summed E-state index contributed by atoms with van der Waals surface area (Å²) in [4.78, 5) is 42.2. The molecule has 2 aromatic heterocycles. The molecule has 0 radical (unpaired) electrons. The quantitative estimate of drug-likeness (QED) is 0.310. The average Bonchev–Trinajstić information content (AvgIpc) is 3.67. The summed E-state index contributed by atoms with van der Waals surface area (Å²) in [6.07, 6.45) is -0.418. The number of aromatic nitrogens is 4. The molecule has 2 fully saturated rings. The molecule has 1 aliphatic carbocycles. The number of aryl methyl sites for hydroxylation is 1. The lowest BCUT2D eigenvalue weighted by Crippen LogP contribution is -2.54. The van der Waals surface area contributed by atoms with E-state index in [1.54, 1.807) is 31.2 Å². The monoisotopic (exact) mass is 597 g/mol. The van der Waals surface area contributed by atoms with E-state index in [4.69, 9.17) is 5.26 Å². The van der Waals surface area contributed by atoms with E-state index in [0.717, 1.165) is 30.0 Å². The number of hydrogen-bond donors (Lipinski definition) is 4. The zero-order chi connectivity index (χ0) is 30.9. The van der Waals surface area contributed by atoms with Crippen LogP contribution >= 0.6 is 0 Å². The van der Waals surface area contributed by atoms with Crippen LogP contribution in [0.3, 0.4) is 0 Å². The second-order valence-electron chi connectivity index (χ2n) is 10.8. The number of rotatable bonds is 8. The van der Waals surface area contributed by atoms with Crippen LogP contribution in [0.2, 0.25) is 0 Å². The molecule has 1 aliphatic heterocycles. The summed E-state index contributed by atoms with van der Waals surface area (Å²) in [5.74, 6) is -1.04. The third-order valence-corrected chi connectivity index (χ3v) is 7.71. The van der Waals surface area contributed by atoms with Crippen LogP contribution < -0.4 is 21.3 Å². The van der Waals surface area contributed by atoms with E-state index in [0.29, 0.717) is 36.2 Å². The third kappa shape index (κ3) is 6.38. The number of amides is 3. The number of carbonyl (C=O) groups excluding carboxylic acids is 3. The van der Waals surface area contributed by atoms with Gasteiger partial charge in [-0.05, 0) is 56.5 Å². The number of halogens is 3. The molecule has 1 saturated carbocycles. The highest BCUT2D eigenvalue weighted by Crippen LogP contribution is 2.36. The molecule has 3 aromatic rings. The Morgan fingerprint density at radius 1 is 1.16 bits per heavy atom. The Morgan fingerprint density at radius 2 is 1.91 bits per heavy atom. The molecule has 4 N–H and O–H groups in total. The SMILES string of the molecule is Cc1cc(NC(=O)c2ncc(-c3cn(CC#N)nc3C(F)(F)F)n2C)ccc1C(=O)NC1CC(NC(=O)[C@@H]2CCNC2)C1. The highest BCUT2D eigenvalue weighted by molar-refractivity contribution is 6.03. The zero-order valence-corrected chi connectivity index (χ0v) is 23.5. The molecule has 15 heteroatoms. The van der Waals surface area contributed by atoms with Gasteiger partial charge in [-0.1, -0.05) is 0 Å². The molecule has 5 rings (SSSR count). The Kier molecular flexibility index (Phi) is 8.23. The van der Waals surface area contributed by atoms with E-state index < -0.39 is 17.8 Å². The first-order chi connectivity index (χ1) is 20.4. The summed E-state index contributed by atoms with van der Waals surface area (Å²) in [6.45, 7) is 2.88. The molecular weight excluding hydrogens is 567 g/mol. The van der Waals surface area contributed by atoms with E-state index in [9.17, 15) is 27.6 Å². The van der Waals surface area contributed by atoms with Crippen molar-refractivity contribution in [3.05, 3.63) is 53.2 Å². The van der Waals surface area contributed by atoms with Gasteiger partial charge in [0.25, 0.3) is 11.8 Å². The highest BCUT2D eigenvalue weighted by Gasteiger charge is 2.39. The predicted octanol–water partition coefficient (Wildman–Crippen LogP) is 2.37. The van der Waals surface area contributed by atoms with Crippen molar-refractivity contribution in [1.82, 2.24) is 35.3 Å². The minimum atomic E-state index is -4.78. The Labute approximate surface area is 244 Å². The molecule has 0 unspecified atom stereocenters. The van der Waals surface area contributed by atoms with Gasteiger partial charge >= 0.3 is 6.18 Å². The molecular formula is C28H30F3N9O3. The number of nitrogens with one attached hydrogen (secondary N) is 4. The second kappa shape index (κ2) is 11.9. The molecule has 3 amide bonds. The fraction of sp³-hybridized carbons (Fsp3) is 0.429. The zero-order valence-electron chi connectivity index (χ0n) is 23.5. The predicted molar refractivity (Wildman–Crippen MR) is 148 cm³/mol. The van der Waals surface area contributed by atoms with E-state index in [-0.39, 0.29) is 53.4 Å². The van der Waals surface area contributed by atoms with Crippen LogP contribution in [0.5, 0.6) is 0 Å². The first-order valence-corrected chi connectivity index (χ1v) is 13.7. The minimum absolute atomic E-state index is 0.00166. The summed E-state index contributed by atoms with van der Waals surface area (Å²) < 4.78 is 42.9. The first-order valence-electron chi connectivity index (χ1n) is 13.7. The number of carbonyl (C=O) groups is 3. The Balaban J connectivity index is 1.20. The number of imidazole rings is 1. The maximum absolute atomic E-state index is 13.6. The smallest absolute Gasteiger partial charge is 0.353 e. The molecule has 12 nitrogen and oxygen atoms in total. The van der Waals surface area contributed by atoms with Gasteiger partial charge in [0.15, 0.2) is 11.5 Å². The van der Waals surface area contributed by atoms with E-state index in [1.807, 2.05) is 0 Å². The second-order valence-corrected chi connectivity index (χ2v) is 10.8.